The second-order valence-electron chi connectivity index (χ2n) is 6.67. The van der Waals surface area contributed by atoms with Gasteiger partial charge in [-0.1, -0.05) is 41.9 Å². The van der Waals surface area contributed by atoms with Crippen LogP contribution in [0.5, 0.6) is 0 Å². The van der Waals surface area contributed by atoms with Crippen molar-refractivity contribution in [2.45, 2.75) is 32.1 Å². The van der Waals surface area contributed by atoms with Crippen molar-refractivity contribution in [1.29, 1.82) is 0 Å². The van der Waals surface area contributed by atoms with Crippen LogP contribution in [0.15, 0.2) is 28.7 Å². The monoisotopic (exact) mass is 404 g/mol. The van der Waals surface area contributed by atoms with Gasteiger partial charge in [0.05, 0.1) is 5.41 Å². The molecule has 6 heteroatoms. The quantitative estimate of drug-likeness (QED) is 0.791. The highest BCUT2D eigenvalue weighted by molar-refractivity contribution is 9.10. The average molecular weight is 406 g/mol. The van der Waals surface area contributed by atoms with Gasteiger partial charge in [0, 0.05) is 36.2 Å². The number of ether oxygens (including phenoxy) is 1. The first-order chi connectivity index (χ1) is 10.4. The molecule has 4 nitrogen and oxygen atoms in total. The van der Waals surface area contributed by atoms with E-state index in [1.807, 2.05) is 12.1 Å². The van der Waals surface area contributed by atoms with E-state index in [1.54, 1.807) is 0 Å². The highest BCUT2D eigenvalue weighted by atomic mass is 79.9. The molecule has 1 amide bonds. The summed E-state index contributed by atoms with van der Waals surface area (Å²) in [6.45, 7) is 6.45. The second kappa shape index (κ2) is 8.47. The van der Waals surface area contributed by atoms with E-state index < -0.39 is 5.41 Å². The average Bonchev–Trinajstić information content (AvgIpc) is 2.53. The minimum Gasteiger partial charge on any atom is -0.381 e. The molecule has 0 aromatic heterocycles. The number of hydrogen-bond donors (Lipinski definition) is 2. The minimum atomic E-state index is -0.467. The van der Waals surface area contributed by atoms with Crippen LogP contribution in [-0.2, 0) is 14.9 Å². The number of nitrogens with one attached hydrogen (secondary N) is 1. The summed E-state index contributed by atoms with van der Waals surface area (Å²) in [5, 5.41) is 3.11. The van der Waals surface area contributed by atoms with Gasteiger partial charge in [0.15, 0.2) is 0 Å². The number of carbonyl (C=O) groups is 1. The van der Waals surface area contributed by atoms with Crippen LogP contribution in [0.3, 0.4) is 0 Å². The first-order valence-electron chi connectivity index (χ1n) is 7.72. The van der Waals surface area contributed by atoms with Crippen molar-refractivity contribution in [2.75, 3.05) is 26.3 Å². The lowest BCUT2D eigenvalue weighted by Crippen LogP contribution is -2.51. The van der Waals surface area contributed by atoms with Gasteiger partial charge in [0.2, 0.25) is 5.91 Å². The molecule has 130 valence electrons. The normalized spacial score (nSPS) is 17.2. The number of amides is 1. The SMILES string of the molecule is CC(C)(CNC(=O)C1(CN)CCOCC1)c1cccc(Br)c1.Cl. The number of hydrogen-bond acceptors (Lipinski definition) is 3. The smallest absolute Gasteiger partial charge is 0.227 e. The molecule has 1 saturated heterocycles. The summed E-state index contributed by atoms with van der Waals surface area (Å²) in [5.74, 6) is 0.0568. The van der Waals surface area contributed by atoms with Crippen molar-refractivity contribution < 1.29 is 9.53 Å². The molecule has 0 atom stereocenters. The van der Waals surface area contributed by atoms with Gasteiger partial charge in [-0.2, -0.15) is 0 Å². The first-order valence-corrected chi connectivity index (χ1v) is 8.51. The van der Waals surface area contributed by atoms with Gasteiger partial charge in [-0.05, 0) is 30.5 Å². The standard InChI is InChI=1S/C17H25BrN2O2.ClH/c1-16(2,13-4-3-5-14(18)10-13)12-20-15(21)17(11-19)6-8-22-9-7-17;/h3-5,10H,6-9,11-12,19H2,1-2H3,(H,20,21);1H. The van der Waals surface area contributed by atoms with Gasteiger partial charge in [0.25, 0.3) is 0 Å². The van der Waals surface area contributed by atoms with Crippen molar-refractivity contribution in [3.63, 3.8) is 0 Å². The Balaban J connectivity index is 0.00000264. The van der Waals surface area contributed by atoms with Crippen LogP contribution >= 0.6 is 28.3 Å². The molecular weight excluding hydrogens is 380 g/mol. The molecule has 1 heterocycles. The second-order valence-corrected chi connectivity index (χ2v) is 7.59. The Kier molecular flexibility index (Phi) is 7.52. The highest BCUT2D eigenvalue weighted by Crippen LogP contribution is 2.30. The lowest BCUT2D eigenvalue weighted by Gasteiger charge is -2.36. The lowest BCUT2D eigenvalue weighted by molar-refractivity contribution is -0.136. The summed E-state index contributed by atoms with van der Waals surface area (Å²) in [7, 11) is 0. The van der Waals surface area contributed by atoms with E-state index in [9.17, 15) is 4.79 Å². The fourth-order valence-electron chi connectivity index (χ4n) is 2.79. The molecule has 0 radical (unpaired) electrons. The summed E-state index contributed by atoms with van der Waals surface area (Å²) in [6, 6.07) is 8.20. The summed E-state index contributed by atoms with van der Waals surface area (Å²) in [5.41, 5.74) is 6.47. The number of carbonyl (C=O) groups excluding carboxylic acids is 1. The maximum absolute atomic E-state index is 12.6. The summed E-state index contributed by atoms with van der Waals surface area (Å²) in [4.78, 5) is 12.6. The predicted molar refractivity (Wildman–Crippen MR) is 99.0 cm³/mol. The van der Waals surface area contributed by atoms with E-state index in [-0.39, 0.29) is 23.7 Å². The van der Waals surface area contributed by atoms with E-state index in [1.165, 1.54) is 5.56 Å². The van der Waals surface area contributed by atoms with Gasteiger partial charge in [-0.3, -0.25) is 4.79 Å². The number of nitrogens with two attached hydrogens (primary N) is 1. The number of halogens is 2. The van der Waals surface area contributed by atoms with Crippen LogP contribution in [0.1, 0.15) is 32.3 Å². The lowest BCUT2D eigenvalue weighted by atomic mass is 9.78. The zero-order valence-electron chi connectivity index (χ0n) is 13.7. The van der Waals surface area contributed by atoms with E-state index >= 15 is 0 Å². The molecule has 0 spiro atoms. The van der Waals surface area contributed by atoms with Crippen molar-refractivity contribution in [1.82, 2.24) is 5.32 Å². The minimum absolute atomic E-state index is 0. The van der Waals surface area contributed by atoms with Crippen LogP contribution in [-0.4, -0.2) is 32.2 Å². The summed E-state index contributed by atoms with van der Waals surface area (Å²) >= 11 is 3.50. The van der Waals surface area contributed by atoms with Crippen LogP contribution < -0.4 is 11.1 Å². The molecular formula is C17H26BrClN2O2. The first kappa shape index (κ1) is 20.4. The summed E-state index contributed by atoms with van der Waals surface area (Å²) < 4.78 is 6.41. The fourth-order valence-corrected chi connectivity index (χ4v) is 3.19. The van der Waals surface area contributed by atoms with Crippen molar-refractivity contribution in [3.8, 4) is 0 Å². The summed E-state index contributed by atoms with van der Waals surface area (Å²) in [6.07, 6.45) is 1.40. The Morgan fingerprint density at radius 2 is 2.04 bits per heavy atom. The van der Waals surface area contributed by atoms with E-state index in [0.29, 0.717) is 39.1 Å². The third-order valence-electron chi connectivity index (χ3n) is 4.62. The maximum Gasteiger partial charge on any atom is 0.227 e. The Hall–Kier alpha value is -0.620. The topological polar surface area (TPSA) is 64.4 Å². The van der Waals surface area contributed by atoms with Crippen molar-refractivity contribution in [3.05, 3.63) is 34.3 Å². The third kappa shape index (κ3) is 4.92. The zero-order chi connectivity index (χ0) is 16.2. The molecule has 0 unspecified atom stereocenters. The Bertz CT molecular complexity index is 531. The molecule has 1 aromatic carbocycles. The van der Waals surface area contributed by atoms with E-state index in [2.05, 4.69) is 47.2 Å². The van der Waals surface area contributed by atoms with Gasteiger partial charge in [-0.25, -0.2) is 0 Å². The molecule has 23 heavy (non-hydrogen) atoms. The van der Waals surface area contributed by atoms with E-state index in [4.69, 9.17) is 10.5 Å². The molecule has 0 saturated carbocycles. The molecule has 2 rings (SSSR count). The number of rotatable bonds is 5. The van der Waals surface area contributed by atoms with Crippen LogP contribution in [0.25, 0.3) is 0 Å². The Morgan fingerprint density at radius 3 is 2.61 bits per heavy atom. The van der Waals surface area contributed by atoms with Gasteiger partial charge >= 0.3 is 0 Å². The van der Waals surface area contributed by atoms with Crippen LogP contribution in [0, 0.1) is 5.41 Å². The largest absolute Gasteiger partial charge is 0.381 e. The van der Waals surface area contributed by atoms with Crippen molar-refractivity contribution >= 4 is 34.2 Å². The molecule has 1 aliphatic heterocycles. The molecule has 1 aliphatic rings. The van der Waals surface area contributed by atoms with E-state index in [0.717, 1.165) is 4.47 Å². The Morgan fingerprint density at radius 1 is 1.39 bits per heavy atom. The fraction of sp³-hybridized carbons (Fsp3) is 0.588. The van der Waals surface area contributed by atoms with Crippen LogP contribution in [0.2, 0.25) is 0 Å². The maximum atomic E-state index is 12.6. The molecule has 1 fully saturated rings. The number of benzene rings is 1. The highest BCUT2D eigenvalue weighted by Gasteiger charge is 2.39. The molecule has 3 N–H and O–H groups in total. The molecule has 0 aliphatic carbocycles. The third-order valence-corrected chi connectivity index (χ3v) is 5.11. The van der Waals surface area contributed by atoms with Gasteiger partial charge in [0.1, 0.15) is 0 Å². The Labute approximate surface area is 153 Å². The molecule has 1 aromatic rings. The van der Waals surface area contributed by atoms with Crippen LogP contribution in [0.4, 0.5) is 0 Å². The molecule has 0 bridgehead atoms. The van der Waals surface area contributed by atoms with Gasteiger partial charge in [-0.15, -0.1) is 12.4 Å². The predicted octanol–water partition coefficient (Wildman–Crippen LogP) is 3.02. The zero-order valence-corrected chi connectivity index (χ0v) is 16.1. The van der Waals surface area contributed by atoms with Crippen molar-refractivity contribution in [2.24, 2.45) is 11.1 Å². The van der Waals surface area contributed by atoms with Gasteiger partial charge < -0.3 is 15.8 Å².